The Morgan fingerprint density at radius 2 is 2.16 bits per heavy atom. The summed E-state index contributed by atoms with van der Waals surface area (Å²) >= 11 is 3.08. The van der Waals surface area contributed by atoms with Crippen LogP contribution < -0.4 is 5.32 Å². The smallest absolute Gasteiger partial charge is 0.271 e. The molecule has 0 aliphatic heterocycles. The van der Waals surface area contributed by atoms with Crippen molar-refractivity contribution in [2.45, 2.75) is 12.5 Å². The highest BCUT2D eigenvalue weighted by molar-refractivity contribution is 9.10. The summed E-state index contributed by atoms with van der Waals surface area (Å²) in [7, 11) is 0. The second kappa shape index (κ2) is 6.09. The SMILES string of the molecule is CC(O)(CO)CNC(=O)c1cc(Br)cc([N+](=O)[O-])c1. The Bertz CT molecular complexity index is 504. The number of aliphatic hydroxyl groups excluding tert-OH is 1. The van der Waals surface area contributed by atoms with Crippen molar-refractivity contribution in [3.05, 3.63) is 38.3 Å². The average molecular weight is 333 g/mol. The molecule has 0 bridgehead atoms. The van der Waals surface area contributed by atoms with E-state index in [1.165, 1.54) is 19.1 Å². The van der Waals surface area contributed by atoms with Crippen molar-refractivity contribution in [3.8, 4) is 0 Å². The summed E-state index contributed by atoms with van der Waals surface area (Å²) in [5, 5.41) is 31.4. The number of aliphatic hydroxyl groups is 2. The molecule has 1 aromatic rings. The molecule has 7 nitrogen and oxygen atoms in total. The van der Waals surface area contributed by atoms with Gasteiger partial charge in [0, 0.05) is 28.7 Å². The number of nitro benzene ring substituents is 1. The minimum absolute atomic E-state index is 0.0924. The summed E-state index contributed by atoms with van der Waals surface area (Å²) in [5.41, 5.74) is -1.56. The molecule has 0 aliphatic carbocycles. The Kier molecular flexibility index (Phi) is 4.98. The Morgan fingerprint density at radius 1 is 1.53 bits per heavy atom. The third-order valence-electron chi connectivity index (χ3n) is 2.33. The molecule has 1 rings (SSSR count). The van der Waals surface area contributed by atoms with Gasteiger partial charge in [0.2, 0.25) is 0 Å². The van der Waals surface area contributed by atoms with Gasteiger partial charge in [-0.1, -0.05) is 15.9 Å². The lowest BCUT2D eigenvalue weighted by Crippen LogP contribution is -2.43. The van der Waals surface area contributed by atoms with Gasteiger partial charge in [0.05, 0.1) is 11.5 Å². The van der Waals surface area contributed by atoms with Gasteiger partial charge in [-0.15, -0.1) is 0 Å². The van der Waals surface area contributed by atoms with Crippen LogP contribution in [0, 0.1) is 10.1 Å². The van der Waals surface area contributed by atoms with E-state index in [2.05, 4.69) is 21.2 Å². The molecule has 1 atom stereocenters. The molecule has 0 fully saturated rings. The first-order valence-corrected chi connectivity index (χ1v) is 6.11. The molecule has 0 heterocycles. The lowest BCUT2D eigenvalue weighted by atomic mass is 10.1. The standard InChI is InChI=1S/C11H13BrN2O5/c1-11(17,6-15)5-13-10(16)7-2-8(12)4-9(3-7)14(18)19/h2-4,15,17H,5-6H2,1H3,(H,13,16). The van der Waals surface area contributed by atoms with Gasteiger partial charge in [-0.3, -0.25) is 14.9 Å². The van der Waals surface area contributed by atoms with Crippen LogP contribution in [0.25, 0.3) is 0 Å². The monoisotopic (exact) mass is 332 g/mol. The number of rotatable bonds is 5. The largest absolute Gasteiger partial charge is 0.393 e. The van der Waals surface area contributed by atoms with Crippen molar-refractivity contribution in [1.82, 2.24) is 5.32 Å². The Morgan fingerprint density at radius 3 is 2.68 bits per heavy atom. The summed E-state index contributed by atoms with van der Waals surface area (Å²) in [4.78, 5) is 21.9. The van der Waals surface area contributed by atoms with Crippen LogP contribution >= 0.6 is 15.9 Å². The van der Waals surface area contributed by atoms with Crippen molar-refractivity contribution in [2.75, 3.05) is 13.2 Å². The molecule has 0 aliphatic rings. The van der Waals surface area contributed by atoms with E-state index in [9.17, 15) is 20.0 Å². The van der Waals surface area contributed by atoms with Crippen molar-refractivity contribution < 1.29 is 19.9 Å². The molecule has 1 aromatic carbocycles. The fraction of sp³-hybridized carbons (Fsp3) is 0.364. The molecule has 104 valence electrons. The lowest BCUT2D eigenvalue weighted by molar-refractivity contribution is -0.385. The zero-order valence-corrected chi connectivity index (χ0v) is 11.7. The number of carbonyl (C=O) groups excluding carboxylic acids is 1. The van der Waals surface area contributed by atoms with Gasteiger partial charge in [0.25, 0.3) is 11.6 Å². The predicted molar refractivity (Wildman–Crippen MR) is 70.8 cm³/mol. The van der Waals surface area contributed by atoms with Gasteiger partial charge >= 0.3 is 0 Å². The van der Waals surface area contributed by atoms with Crippen LogP contribution in [0.2, 0.25) is 0 Å². The predicted octanol–water partition coefficient (Wildman–Crippen LogP) is 0.830. The van der Waals surface area contributed by atoms with Crippen LogP contribution in [0.3, 0.4) is 0 Å². The number of benzene rings is 1. The third kappa shape index (κ3) is 4.58. The number of hydrogen-bond donors (Lipinski definition) is 3. The molecule has 19 heavy (non-hydrogen) atoms. The number of halogens is 1. The van der Waals surface area contributed by atoms with Crippen LogP contribution in [0.5, 0.6) is 0 Å². The minimum Gasteiger partial charge on any atom is -0.393 e. The molecular formula is C11H13BrN2O5. The number of non-ortho nitro benzene ring substituents is 1. The van der Waals surface area contributed by atoms with E-state index in [1.807, 2.05) is 0 Å². The van der Waals surface area contributed by atoms with Gasteiger partial charge in [-0.25, -0.2) is 0 Å². The quantitative estimate of drug-likeness (QED) is 0.546. The van der Waals surface area contributed by atoms with Crippen molar-refractivity contribution in [3.63, 3.8) is 0 Å². The number of carbonyl (C=O) groups is 1. The molecule has 3 N–H and O–H groups in total. The van der Waals surface area contributed by atoms with Gasteiger partial charge in [-0.05, 0) is 13.0 Å². The van der Waals surface area contributed by atoms with Crippen molar-refractivity contribution in [1.29, 1.82) is 0 Å². The van der Waals surface area contributed by atoms with Crippen LogP contribution in [0.4, 0.5) is 5.69 Å². The van der Waals surface area contributed by atoms with E-state index >= 15 is 0 Å². The highest BCUT2D eigenvalue weighted by atomic mass is 79.9. The lowest BCUT2D eigenvalue weighted by Gasteiger charge is -2.20. The second-order valence-electron chi connectivity index (χ2n) is 4.29. The molecule has 8 heteroatoms. The van der Waals surface area contributed by atoms with Gasteiger partial charge in [0.1, 0.15) is 5.60 Å². The number of nitrogens with zero attached hydrogens (tertiary/aromatic N) is 1. The van der Waals surface area contributed by atoms with Crippen molar-refractivity contribution >= 4 is 27.5 Å². The molecular weight excluding hydrogens is 320 g/mol. The van der Waals surface area contributed by atoms with Crippen LogP contribution in [-0.4, -0.2) is 39.8 Å². The molecule has 0 radical (unpaired) electrons. The summed E-state index contributed by atoms with van der Waals surface area (Å²) in [6, 6.07) is 3.84. The Labute approximate surface area is 117 Å². The Hall–Kier alpha value is -1.51. The van der Waals surface area contributed by atoms with E-state index in [1.54, 1.807) is 0 Å². The summed E-state index contributed by atoms with van der Waals surface area (Å²) in [6.07, 6.45) is 0. The Balaban J connectivity index is 2.85. The molecule has 0 aromatic heterocycles. The average Bonchev–Trinajstić information content (AvgIpc) is 2.35. The molecule has 0 saturated heterocycles. The van der Waals surface area contributed by atoms with E-state index < -0.39 is 23.0 Å². The molecule has 1 unspecified atom stereocenters. The number of amides is 1. The number of nitro groups is 1. The maximum atomic E-state index is 11.8. The summed E-state index contributed by atoms with van der Waals surface area (Å²) in [5.74, 6) is -0.571. The summed E-state index contributed by atoms with van der Waals surface area (Å²) in [6.45, 7) is 0.686. The maximum Gasteiger partial charge on any atom is 0.271 e. The van der Waals surface area contributed by atoms with Gasteiger partial charge < -0.3 is 15.5 Å². The number of nitrogens with one attached hydrogen (secondary N) is 1. The zero-order valence-electron chi connectivity index (χ0n) is 10.1. The van der Waals surface area contributed by atoms with Crippen LogP contribution in [-0.2, 0) is 0 Å². The van der Waals surface area contributed by atoms with Crippen molar-refractivity contribution in [2.24, 2.45) is 0 Å². The van der Waals surface area contributed by atoms with Crippen LogP contribution in [0.15, 0.2) is 22.7 Å². The van der Waals surface area contributed by atoms with Gasteiger partial charge in [0.15, 0.2) is 0 Å². The van der Waals surface area contributed by atoms with E-state index in [0.717, 1.165) is 6.07 Å². The first-order chi connectivity index (χ1) is 8.75. The highest BCUT2D eigenvalue weighted by Crippen LogP contribution is 2.21. The molecule has 0 saturated carbocycles. The van der Waals surface area contributed by atoms with Gasteiger partial charge in [-0.2, -0.15) is 0 Å². The van der Waals surface area contributed by atoms with E-state index in [0.29, 0.717) is 4.47 Å². The van der Waals surface area contributed by atoms with E-state index in [-0.39, 0.29) is 17.8 Å². The minimum atomic E-state index is -1.44. The second-order valence-corrected chi connectivity index (χ2v) is 5.21. The molecule has 0 spiro atoms. The fourth-order valence-corrected chi connectivity index (χ4v) is 1.72. The molecule has 1 amide bonds. The topological polar surface area (TPSA) is 113 Å². The number of hydrogen-bond acceptors (Lipinski definition) is 5. The normalized spacial score (nSPS) is 13.7. The van der Waals surface area contributed by atoms with E-state index in [4.69, 9.17) is 5.11 Å². The first kappa shape index (κ1) is 15.5. The van der Waals surface area contributed by atoms with Crippen LogP contribution in [0.1, 0.15) is 17.3 Å². The third-order valence-corrected chi connectivity index (χ3v) is 2.78. The first-order valence-electron chi connectivity index (χ1n) is 5.31. The zero-order chi connectivity index (χ0) is 14.6. The fourth-order valence-electron chi connectivity index (χ4n) is 1.24. The maximum absolute atomic E-state index is 11.8. The highest BCUT2D eigenvalue weighted by Gasteiger charge is 2.21. The summed E-state index contributed by atoms with van der Waals surface area (Å²) < 4.78 is 0.403.